The summed E-state index contributed by atoms with van der Waals surface area (Å²) >= 11 is 1.57. The van der Waals surface area contributed by atoms with Crippen LogP contribution in [0.5, 0.6) is 0 Å². The van der Waals surface area contributed by atoms with Gasteiger partial charge in [0.2, 0.25) is 0 Å². The van der Waals surface area contributed by atoms with Crippen LogP contribution in [0.15, 0.2) is 29.1 Å². The van der Waals surface area contributed by atoms with Crippen LogP contribution in [-0.2, 0) is 13.0 Å². The van der Waals surface area contributed by atoms with E-state index in [1.54, 1.807) is 11.3 Å². The molecule has 142 valence electrons. The minimum atomic E-state index is -0.0858. The topological polar surface area (TPSA) is 90.6 Å². The standard InChI is InChI=1S/C20H20N6OS/c1-11-5-7-13(8-6-11)16-12(2)28-20-17(16)19(27)21-15(22-20)10-26-9-3-4-14-18(26)24-25-23-14/h5-8H,3-4,9-10H2,1-2H3,(H,21,22,27)(H,23,24,25). The zero-order valence-corrected chi connectivity index (χ0v) is 16.6. The van der Waals surface area contributed by atoms with Crippen LogP contribution in [0.25, 0.3) is 21.3 Å². The van der Waals surface area contributed by atoms with E-state index in [4.69, 9.17) is 4.98 Å². The lowest BCUT2D eigenvalue weighted by molar-refractivity contribution is 0.662. The first kappa shape index (κ1) is 17.1. The van der Waals surface area contributed by atoms with Gasteiger partial charge in [-0.1, -0.05) is 29.8 Å². The lowest BCUT2D eigenvalue weighted by Crippen LogP contribution is -2.30. The predicted octanol–water partition coefficient (Wildman–Crippen LogP) is 3.34. The summed E-state index contributed by atoms with van der Waals surface area (Å²) in [4.78, 5) is 24.7. The van der Waals surface area contributed by atoms with Crippen LogP contribution in [0.3, 0.4) is 0 Å². The average Bonchev–Trinajstić information content (AvgIpc) is 3.27. The van der Waals surface area contributed by atoms with Crippen molar-refractivity contribution in [1.29, 1.82) is 0 Å². The van der Waals surface area contributed by atoms with Gasteiger partial charge in [-0.3, -0.25) is 4.79 Å². The molecule has 0 amide bonds. The first-order valence-electron chi connectivity index (χ1n) is 9.34. The Labute approximate surface area is 165 Å². The van der Waals surface area contributed by atoms with Crippen LogP contribution in [-0.4, -0.2) is 31.9 Å². The Balaban J connectivity index is 1.56. The first-order valence-corrected chi connectivity index (χ1v) is 10.2. The Bertz CT molecular complexity index is 1220. The van der Waals surface area contributed by atoms with Crippen molar-refractivity contribution in [2.75, 3.05) is 11.4 Å². The summed E-state index contributed by atoms with van der Waals surface area (Å²) in [6.45, 7) is 5.50. The lowest BCUT2D eigenvalue weighted by Gasteiger charge is -2.25. The fourth-order valence-corrected chi connectivity index (χ4v) is 4.92. The average molecular weight is 392 g/mol. The molecule has 0 spiro atoms. The second kappa shape index (κ2) is 6.56. The number of hydrogen-bond acceptors (Lipinski definition) is 6. The molecule has 1 aromatic carbocycles. The van der Waals surface area contributed by atoms with Gasteiger partial charge in [-0.2, -0.15) is 10.3 Å². The van der Waals surface area contributed by atoms with Crippen molar-refractivity contribution >= 4 is 27.4 Å². The van der Waals surface area contributed by atoms with Gasteiger partial charge in [0.1, 0.15) is 16.3 Å². The second-order valence-electron chi connectivity index (χ2n) is 7.21. The molecule has 2 N–H and O–H groups in total. The van der Waals surface area contributed by atoms with Crippen molar-refractivity contribution in [3.63, 3.8) is 0 Å². The number of nitrogens with one attached hydrogen (secondary N) is 2. The highest BCUT2D eigenvalue weighted by Crippen LogP contribution is 2.35. The van der Waals surface area contributed by atoms with Gasteiger partial charge in [0.25, 0.3) is 5.56 Å². The molecular weight excluding hydrogens is 372 g/mol. The molecule has 0 aliphatic carbocycles. The zero-order chi connectivity index (χ0) is 19.3. The van der Waals surface area contributed by atoms with Gasteiger partial charge in [0, 0.05) is 17.0 Å². The van der Waals surface area contributed by atoms with Crippen molar-refractivity contribution in [1.82, 2.24) is 25.4 Å². The number of hydrogen-bond donors (Lipinski definition) is 2. The molecule has 4 aromatic rings. The lowest BCUT2D eigenvalue weighted by atomic mass is 10.0. The number of aromatic amines is 2. The predicted molar refractivity (Wildman–Crippen MR) is 111 cm³/mol. The monoisotopic (exact) mass is 392 g/mol. The number of nitrogens with zero attached hydrogens (tertiary/aromatic N) is 4. The molecule has 4 heterocycles. The van der Waals surface area contributed by atoms with E-state index in [1.807, 2.05) is 6.92 Å². The number of aryl methyl sites for hydroxylation is 3. The van der Waals surface area contributed by atoms with E-state index in [0.29, 0.717) is 17.8 Å². The van der Waals surface area contributed by atoms with Gasteiger partial charge in [-0.15, -0.1) is 16.4 Å². The van der Waals surface area contributed by atoms with E-state index in [-0.39, 0.29) is 5.56 Å². The molecular formula is C20H20N6OS. The highest BCUT2D eigenvalue weighted by atomic mass is 32.1. The van der Waals surface area contributed by atoms with E-state index < -0.39 is 0 Å². The third-order valence-corrected chi connectivity index (χ3v) is 6.21. The Kier molecular flexibility index (Phi) is 4.01. The van der Waals surface area contributed by atoms with Crippen LogP contribution in [0.1, 0.15) is 28.4 Å². The Hall–Kier alpha value is -3.00. The summed E-state index contributed by atoms with van der Waals surface area (Å²) in [5, 5.41) is 11.8. The summed E-state index contributed by atoms with van der Waals surface area (Å²) in [5.74, 6) is 1.52. The maximum absolute atomic E-state index is 13.0. The zero-order valence-electron chi connectivity index (χ0n) is 15.7. The summed E-state index contributed by atoms with van der Waals surface area (Å²) in [6, 6.07) is 8.27. The summed E-state index contributed by atoms with van der Waals surface area (Å²) in [5.41, 5.74) is 4.12. The van der Waals surface area contributed by atoms with E-state index in [2.05, 4.69) is 56.5 Å². The van der Waals surface area contributed by atoms with Crippen molar-refractivity contribution in [2.45, 2.75) is 33.2 Å². The summed E-state index contributed by atoms with van der Waals surface area (Å²) in [6.07, 6.45) is 1.94. The number of thiophene rings is 1. The molecule has 1 aliphatic heterocycles. The van der Waals surface area contributed by atoms with Gasteiger partial charge < -0.3 is 9.88 Å². The van der Waals surface area contributed by atoms with Crippen LogP contribution in [0, 0.1) is 13.8 Å². The van der Waals surface area contributed by atoms with E-state index in [0.717, 1.165) is 51.7 Å². The molecule has 0 bridgehead atoms. The van der Waals surface area contributed by atoms with Crippen LogP contribution in [0.4, 0.5) is 5.82 Å². The smallest absolute Gasteiger partial charge is 0.260 e. The molecule has 0 fully saturated rings. The molecule has 0 saturated heterocycles. The summed E-state index contributed by atoms with van der Waals surface area (Å²) in [7, 11) is 0. The van der Waals surface area contributed by atoms with Crippen molar-refractivity contribution < 1.29 is 0 Å². The van der Waals surface area contributed by atoms with Crippen LogP contribution in [0.2, 0.25) is 0 Å². The van der Waals surface area contributed by atoms with Crippen molar-refractivity contribution in [2.24, 2.45) is 0 Å². The maximum atomic E-state index is 13.0. The molecule has 3 aromatic heterocycles. The number of aromatic nitrogens is 5. The van der Waals surface area contributed by atoms with Gasteiger partial charge in [0.05, 0.1) is 11.9 Å². The fraction of sp³-hybridized carbons (Fsp3) is 0.300. The minimum absolute atomic E-state index is 0.0858. The molecule has 0 saturated carbocycles. The number of rotatable bonds is 3. The first-order chi connectivity index (χ1) is 13.6. The molecule has 1 aliphatic rings. The largest absolute Gasteiger partial charge is 0.346 e. The molecule has 8 heteroatoms. The summed E-state index contributed by atoms with van der Waals surface area (Å²) < 4.78 is 0. The number of anilines is 1. The number of fused-ring (bicyclic) bond motifs is 2. The van der Waals surface area contributed by atoms with Gasteiger partial charge >= 0.3 is 0 Å². The van der Waals surface area contributed by atoms with E-state index >= 15 is 0 Å². The van der Waals surface area contributed by atoms with Gasteiger partial charge in [0.15, 0.2) is 5.82 Å². The van der Waals surface area contributed by atoms with Crippen molar-refractivity contribution in [3.05, 3.63) is 56.6 Å². The van der Waals surface area contributed by atoms with Crippen molar-refractivity contribution in [3.8, 4) is 11.1 Å². The SMILES string of the molecule is Cc1ccc(-c2c(C)sc3nc(CN4CCCc5n[nH]nc54)[nH]c(=O)c23)cc1. The minimum Gasteiger partial charge on any atom is -0.346 e. The molecule has 0 atom stereocenters. The maximum Gasteiger partial charge on any atom is 0.260 e. The molecule has 28 heavy (non-hydrogen) atoms. The highest BCUT2D eigenvalue weighted by molar-refractivity contribution is 7.19. The van der Waals surface area contributed by atoms with Crippen LogP contribution < -0.4 is 10.5 Å². The Morgan fingerprint density at radius 2 is 2.00 bits per heavy atom. The molecule has 7 nitrogen and oxygen atoms in total. The van der Waals surface area contributed by atoms with Gasteiger partial charge in [-0.25, -0.2) is 4.98 Å². The molecule has 5 rings (SSSR count). The molecule has 0 unspecified atom stereocenters. The molecule has 0 radical (unpaired) electrons. The van der Waals surface area contributed by atoms with Gasteiger partial charge in [-0.05, 0) is 32.3 Å². The van der Waals surface area contributed by atoms with E-state index in [1.165, 1.54) is 5.56 Å². The number of benzene rings is 1. The third-order valence-electron chi connectivity index (χ3n) is 5.21. The second-order valence-corrected chi connectivity index (χ2v) is 8.41. The third kappa shape index (κ3) is 2.80. The normalized spacial score (nSPS) is 13.9. The van der Waals surface area contributed by atoms with E-state index in [9.17, 15) is 4.79 Å². The Morgan fingerprint density at radius 1 is 1.18 bits per heavy atom. The fourth-order valence-electron chi connectivity index (χ4n) is 3.85. The number of H-pyrrole nitrogens is 2. The quantitative estimate of drug-likeness (QED) is 0.558. The Morgan fingerprint density at radius 3 is 2.82 bits per heavy atom. The van der Waals surface area contributed by atoms with Crippen LogP contribution >= 0.6 is 11.3 Å². The highest BCUT2D eigenvalue weighted by Gasteiger charge is 2.23.